The lowest BCUT2D eigenvalue weighted by molar-refractivity contribution is -0.689. The molecule has 0 spiro atoms. The maximum Gasteiger partial charge on any atom is 0.352 e. The summed E-state index contributed by atoms with van der Waals surface area (Å²) in [4.78, 5) is 61.3. The summed E-state index contributed by atoms with van der Waals surface area (Å²) in [5.41, 5.74) is 6.20. The van der Waals surface area contributed by atoms with E-state index in [4.69, 9.17) is 15.3 Å². The predicted octanol–water partition coefficient (Wildman–Crippen LogP) is 3.66. The van der Waals surface area contributed by atoms with Crippen molar-refractivity contribution >= 4 is 57.9 Å². The Kier molecular flexibility index (Phi) is 14.2. The van der Waals surface area contributed by atoms with Gasteiger partial charge in [0.25, 0.3) is 11.8 Å². The number of thioether (sulfide) groups is 1. The fourth-order valence-electron chi connectivity index (χ4n) is 5.42. The van der Waals surface area contributed by atoms with E-state index >= 15 is 0 Å². The number of β-lactam (4-membered cyclic amide) rings is 1. The minimum absolute atomic E-state index is 0.0397. The molecule has 0 aromatic carbocycles. The van der Waals surface area contributed by atoms with Crippen LogP contribution in [0.1, 0.15) is 94.2 Å². The first-order valence-electron chi connectivity index (χ1n) is 16.4. The largest absolute Gasteiger partial charge is 0.477 e. The number of carboxylic acid groups (broad SMARTS) is 1. The highest BCUT2D eigenvalue weighted by molar-refractivity contribution is 8.00. The molecule has 0 aliphatic carbocycles. The topological polar surface area (TPSA) is 190 Å². The van der Waals surface area contributed by atoms with E-state index in [0.717, 1.165) is 30.8 Å². The number of esters is 1. The molecule has 1 saturated heterocycles. The Morgan fingerprint density at radius 1 is 1.08 bits per heavy atom. The highest BCUT2D eigenvalue weighted by atomic mass is 32.2. The zero-order valence-electron chi connectivity index (χ0n) is 27.4. The van der Waals surface area contributed by atoms with E-state index in [2.05, 4.69) is 26.8 Å². The van der Waals surface area contributed by atoms with Crippen LogP contribution in [0.25, 0.3) is 0 Å². The van der Waals surface area contributed by atoms with E-state index in [1.54, 1.807) is 36.0 Å². The van der Waals surface area contributed by atoms with Crippen LogP contribution in [0.2, 0.25) is 0 Å². The molecule has 2 amide bonds. The molecule has 0 bridgehead atoms. The number of unbranched alkanes of at least 4 members (excludes halogenated alkanes) is 9. The lowest BCUT2D eigenvalue weighted by atomic mass is 10.0. The summed E-state index contributed by atoms with van der Waals surface area (Å²) in [6.07, 6.45) is 15.4. The van der Waals surface area contributed by atoms with Crippen molar-refractivity contribution in [1.82, 2.24) is 19.6 Å². The number of anilines is 1. The zero-order valence-corrected chi connectivity index (χ0v) is 29.0. The Morgan fingerprint density at radius 2 is 1.75 bits per heavy atom. The van der Waals surface area contributed by atoms with Gasteiger partial charge in [-0.15, -0.1) is 11.8 Å². The lowest BCUT2D eigenvalue weighted by Crippen LogP contribution is -2.71. The Hall–Kier alpha value is -4.05. The first-order chi connectivity index (χ1) is 23.2. The number of amides is 2. The molecule has 14 nitrogen and oxygen atoms in total. The molecule has 0 radical (unpaired) electrons. The lowest BCUT2D eigenvalue weighted by Gasteiger charge is -2.49. The van der Waals surface area contributed by atoms with Crippen LogP contribution in [0, 0.1) is 0 Å². The van der Waals surface area contributed by atoms with Gasteiger partial charge in [0.1, 0.15) is 23.7 Å². The third-order valence-corrected chi connectivity index (χ3v) is 9.80. The number of nitrogens with two attached hydrogens (primary N) is 1. The third-order valence-electron chi connectivity index (χ3n) is 7.92. The van der Waals surface area contributed by atoms with E-state index in [1.165, 1.54) is 61.6 Å². The van der Waals surface area contributed by atoms with E-state index in [0.29, 0.717) is 23.5 Å². The second kappa shape index (κ2) is 18.5. The monoisotopic (exact) mass is 702 g/mol. The van der Waals surface area contributed by atoms with Crippen LogP contribution < -0.4 is 15.6 Å². The highest BCUT2D eigenvalue weighted by Crippen LogP contribution is 2.40. The molecule has 1 unspecified atom stereocenters. The second-order valence-corrected chi connectivity index (χ2v) is 13.4. The van der Waals surface area contributed by atoms with Crippen LogP contribution in [0.3, 0.4) is 0 Å². The fraction of sp³-hybridized carbons (Fsp3) is 0.562. The number of pyridine rings is 1. The quantitative estimate of drug-likeness (QED) is 0.0456. The minimum Gasteiger partial charge on any atom is -0.477 e. The van der Waals surface area contributed by atoms with Crippen LogP contribution >= 0.6 is 23.3 Å². The highest BCUT2D eigenvalue weighted by Gasteiger charge is 2.55. The molecule has 4 rings (SSSR count). The van der Waals surface area contributed by atoms with Gasteiger partial charge in [-0.2, -0.15) is 9.36 Å². The molecule has 4 N–H and O–H groups in total. The number of nitrogens with one attached hydrogen (secondary N) is 1. The minimum atomic E-state index is -1.25. The molecule has 1 fully saturated rings. The molecule has 16 heteroatoms. The molecule has 260 valence electrons. The van der Waals surface area contributed by atoms with Gasteiger partial charge in [-0.1, -0.05) is 69.9 Å². The van der Waals surface area contributed by atoms with Gasteiger partial charge in [-0.25, -0.2) is 14.2 Å². The summed E-state index contributed by atoms with van der Waals surface area (Å²) >= 11 is 2.22. The number of nitrogen functional groups attached to an aromatic ring is 1. The van der Waals surface area contributed by atoms with Crippen molar-refractivity contribution in [2.75, 3.05) is 24.7 Å². The first-order valence-corrected chi connectivity index (χ1v) is 18.2. The maximum atomic E-state index is 13.2. The number of carboxylic acids is 1. The molecule has 2 aliphatic heterocycles. The molecular weight excluding hydrogens is 659 g/mol. The Labute approximate surface area is 288 Å². The van der Waals surface area contributed by atoms with Crippen molar-refractivity contribution in [2.24, 2.45) is 5.16 Å². The number of fused-ring (bicyclic) bond motifs is 1. The van der Waals surface area contributed by atoms with Crippen LogP contribution in [0.4, 0.5) is 5.13 Å². The molecular formula is C32H44N7O7S2+. The summed E-state index contributed by atoms with van der Waals surface area (Å²) in [6, 6.07) is 2.28. The maximum absolute atomic E-state index is 13.2. The Morgan fingerprint density at radius 3 is 2.35 bits per heavy atom. The van der Waals surface area contributed by atoms with Crippen molar-refractivity contribution < 1.29 is 38.4 Å². The van der Waals surface area contributed by atoms with Crippen LogP contribution in [0.5, 0.6) is 0 Å². The average Bonchev–Trinajstić information content (AvgIpc) is 3.51. The summed E-state index contributed by atoms with van der Waals surface area (Å²) in [5.74, 6) is -2.69. The zero-order chi connectivity index (χ0) is 34.5. The van der Waals surface area contributed by atoms with E-state index in [-0.39, 0.29) is 35.5 Å². The molecule has 2 aromatic heterocycles. The normalized spacial score (nSPS) is 17.5. The second-order valence-electron chi connectivity index (χ2n) is 11.5. The van der Waals surface area contributed by atoms with Gasteiger partial charge < -0.3 is 25.7 Å². The van der Waals surface area contributed by atoms with Gasteiger partial charge in [0, 0.05) is 35.0 Å². The smallest absolute Gasteiger partial charge is 0.352 e. The van der Waals surface area contributed by atoms with Crippen molar-refractivity contribution in [3.8, 4) is 0 Å². The first kappa shape index (κ1) is 36.8. The van der Waals surface area contributed by atoms with Crippen molar-refractivity contribution in [1.29, 1.82) is 0 Å². The van der Waals surface area contributed by atoms with Crippen LogP contribution in [-0.4, -0.2) is 79.2 Å². The van der Waals surface area contributed by atoms with Crippen molar-refractivity contribution in [3.05, 3.63) is 47.2 Å². The number of oxime groups is 1. The van der Waals surface area contributed by atoms with Gasteiger partial charge in [0.15, 0.2) is 24.1 Å². The number of rotatable bonds is 20. The number of ether oxygens (including phenoxy) is 1. The van der Waals surface area contributed by atoms with Gasteiger partial charge in [-0.05, 0) is 13.3 Å². The van der Waals surface area contributed by atoms with Crippen molar-refractivity contribution in [2.45, 2.75) is 96.0 Å². The number of hydrogen-bond acceptors (Lipinski definition) is 12. The van der Waals surface area contributed by atoms with Gasteiger partial charge in [0.2, 0.25) is 11.5 Å². The number of carbonyl (C=O) groups is 4. The van der Waals surface area contributed by atoms with Crippen LogP contribution in [-0.2, 0) is 30.5 Å². The standard InChI is InChI=1S/C32H43N7O7S2/c1-3-5-6-7-8-9-10-11-12-13-18-45-31(44)21-14-16-38(17-15-21)19-22-20-47-29-24(28(41)39(29)25(22)30(42)43)34-27(40)23(36-46-4-2)26-35-32(33)48-37-26/h14-17,24,29H,3-13,18-20H2,1-2H3,(H3-,33,34,35,37,40,42,43)/p+1/t24?,29-/m0/s1. The molecule has 2 aliphatic rings. The SMILES string of the molecule is CCCCCCCCCCCCOC(=O)c1cc[n+](CC2=C(C(=O)O)N3C(=O)C(NC(=O)C(=NOCC)c4nsc(N)n4)[C@@H]3SC2)cc1. The number of hydrogen-bond donors (Lipinski definition) is 3. The molecule has 4 heterocycles. The average molecular weight is 703 g/mol. The third kappa shape index (κ3) is 9.75. The number of aliphatic carboxylic acids is 1. The summed E-state index contributed by atoms with van der Waals surface area (Å²) in [6.45, 7) is 4.66. The fourth-order valence-corrected chi connectivity index (χ4v) is 7.19. The van der Waals surface area contributed by atoms with E-state index in [9.17, 15) is 24.3 Å². The van der Waals surface area contributed by atoms with E-state index < -0.39 is 35.2 Å². The van der Waals surface area contributed by atoms with E-state index in [1.807, 2.05) is 0 Å². The summed E-state index contributed by atoms with van der Waals surface area (Å²) < 4.78 is 11.2. The number of aromatic nitrogens is 3. The Balaban J connectivity index is 1.28. The molecule has 48 heavy (non-hydrogen) atoms. The number of nitrogens with zero attached hydrogens (tertiary/aromatic N) is 5. The van der Waals surface area contributed by atoms with Gasteiger partial charge in [-0.3, -0.25) is 14.5 Å². The van der Waals surface area contributed by atoms with Crippen molar-refractivity contribution in [3.63, 3.8) is 0 Å². The summed E-state index contributed by atoms with van der Waals surface area (Å²) in [7, 11) is 0. The molecule has 2 aromatic rings. The molecule has 2 atom stereocenters. The van der Waals surface area contributed by atoms with Gasteiger partial charge >= 0.3 is 11.9 Å². The predicted molar refractivity (Wildman–Crippen MR) is 181 cm³/mol. The van der Waals surface area contributed by atoms with Gasteiger partial charge in [0.05, 0.1) is 12.2 Å². The molecule has 0 saturated carbocycles. The summed E-state index contributed by atoms with van der Waals surface area (Å²) in [5, 5.41) is 16.0. The number of carbonyl (C=O) groups excluding carboxylic acids is 3. The Bertz CT molecular complexity index is 1500. The van der Waals surface area contributed by atoms with Crippen LogP contribution in [0.15, 0.2) is 41.0 Å².